The van der Waals surface area contributed by atoms with Crippen molar-refractivity contribution in [3.8, 4) is 12.1 Å². The molecular formula is C31H41ClF3N7O3. The predicted octanol–water partition coefficient (Wildman–Crippen LogP) is 4.81. The van der Waals surface area contributed by atoms with Crippen LogP contribution in [0.2, 0.25) is 5.02 Å². The summed E-state index contributed by atoms with van der Waals surface area (Å²) in [7, 11) is 5.00. The lowest BCUT2D eigenvalue weighted by atomic mass is 10.0. The van der Waals surface area contributed by atoms with Crippen LogP contribution < -0.4 is 14.5 Å². The quantitative estimate of drug-likeness (QED) is 0.335. The van der Waals surface area contributed by atoms with Crippen LogP contribution in [0.1, 0.15) is 37.1 Å². The Morgan fingerprint density at radius 2 is 1.96 bits per heavy atom. The van der Waals surface area contributed by atoms with Gasteiger partial charge in [0.25, 0.3) is 0 Å². The van der Waals surface area contributed by atoms with Gasteiger partial charge in [-0.15, -0.1) is 0 Å². The minimum absolute atomic E-state index is 0.0102. The van der Waals surface area contributed by atoms with Gasteiger partial charge in [0.2, 0.25) is 5.91 Å². The van der Waals surface area contributed by atoms with E-state index < -0.39 is 11.7 Å². The fraction of sp³-hybridized carbons (Fsp3) is 0.548. The number of anilines is 2. The first kappa shape index (κ1) is 35.9. The standard InChI is InChI=1S/C29H35ClF3N7O3.C2H6/c1-37(16-17-42-2)12-5-8-25(41)40-15-14-39(18-20(40)9-11-34)27-21-10-13-38(19-23(21)35-28(36-27)43-3)24-7-4-6-22(30)26(24)29(31,32)33;1-2/h4-8,20H,9-10,12-19H2,1-3H3;1-2H3/b8-5+;/t20-;/m0./s1. The van der Waals surface area contributed by atoms with Crippen LogP contribution in [-0.4, -0.2) is 98.9 Å². The normalized spacial score (nSPS) is 16.7. The number of hydrogen-bond acceptors (Lipinski definition) is 9. The van der Waals surface area contributed by atoms with Crippen molar-refractivity contribution in [1.29, 1.82) is 5.26 Å². The molecule has 10 nitrogen and oxygen atoms in total. The van der Waals surface area contributed by atoms with Crippen LogP contribution >= 0.6 is 11.6 Å². The number of ether oxygens (including phenoxy) is 2. The highest BCUT2D eigenvalue weighted by atomic mass is 35.5. The average molecular weight is 652 g/mol. The highest BCUT2D eigenvalue weighted by Crippen LogP contribution is 2.43. The Balaban J connectivity index is 0.00000271. The molecule has 4 rings (SSSR count). The maximum Gasteiger partial charge on any atom is 0.419 e. The van der Waals surface area contributed by atoms with Gasteiger partial charge in [0.1, 0.15) is 5.82 Å². The van der Waals surface area contributed by atoms with Crippen molar-refractivity contribution in [3.05, 3.63) is 52.2 Å². The van der Waals surface area contributed by atoms with Crippen molar-refractivity contribution < 1.29 is 27.4 Å². The molecule has 1 aromatic carbocycles. The number of piperazine rings is 1. The van der Waals surface area contributed by atoms with E-state index in [9.17, 15) is 23.2 Å². The average Bonchev–Trinajstić information content (AvgIpc) is 3.03. The number of aromatic nitrogens is 2. The first-order valence-corrected chi connectivity index (χ1v) is 15.3. The minimum Gasteiger partial charge on any atom is -0.467 e. The summed E-state index contributed by atoms with van der Waals surface area (Å²) in [5.41, 5.74) is 0.472. The van der Waals surface area contributed by atoms with E-state index >= 15 is 0 Å². The lowest BCUT2D eigenvalue weighted by Gasteiger charge is -2.42. The molecule has 1 amide bonds. The Morgan fingerprint density at radius 3 is 2.62 bits per heavy atom. The number of fused-ring (bicyclic) bond motifs is 1. The summed E-state index contributed by atoms with van der Waals surface area (Å²) < 4.78 is 52.1. The molecule has 0 radical (unpaired) electrons. The largest absolute Gasteiger partial charge is 0.467 e. The summed E-state index contributed by atoms with van der Waals surface area (Å²) in [5, 5.41) is 9.17. The fourth-order valence-electron chi connectivity index (χ4n) is 5.39. The molecule has 2 aliphatic heterocycles. The van der Waals surface area contributed by atoms with Gasteiger partial charge in [0, 0.05) is 58.0 Å². The molecule has 0 saturated carbocycles. The number of rotatable bonds is 10. The summed E-state index contributed by atoms with van der Waals surface area (Å²) >= 11 is 5.98. The van der Waals surface area contributed by atoms with Crippen molar-refractivity contribution in [2.24, 2.45) is 0 Å². The Kier molecular flexibility index (Phi) is 13.3. The van der Waals surface area contributed by atoms with Crippen LogP contribution in [0.15, 0.2) is 30.4 Å². The lowest BCUT2D eigenvalue weighted by Crippen LogP contribution is -2.55. The summed E-state index contributed by atoms with van der Waals surface area (Å²) in [5.74, 6) is 0.439. The number of hydrogen-bond donors (Lipinski definition) is 0. The Bertz CT molecular complexity index is 1370. The maximum absolute atomic E-state index is 13.9. The Hall–Kier alpha value is -3.60. The number of amides is 1. The van der Waals surface area contributed by atoms with E-state index in [4.69, 9.17) is 21.1 Å². The third-order valence-electron chi connectivity index (χ3n) is 7.57. The highest BCUT2D eigenvalue weighted by molar-refractivity contribution is 6.31. The summed E-state index contributed by atoms with van der Waals surface area (Å²) in [4.78, 5) is 29.5. The molecule has 0 bridgehead atoms. The number of benzene rings is 1. The number of alkyl halides is 3. The zero-order valence-electron chi connectivity index (χ0n) is 26.4. The van der Waals surface area contributed by atoms with Gasteiger partial charge in [-0.1, -0.05) is 37.6 Å². The molecule has 1 saturated heterocycles. The monoisotopic (exact) mass is 651 g/mol. The van der Waals surface area contributed by atoms with Crippen LogP contribution in [0, 0.1) is 11.3 Å². The summed E-state index contributed by atoms with van der Waals surface area (Å²) in [6, 6.07) is 6.05. The Morgan fingerprint density at radius 1 is 1.20 bits per heavy atom. The molecule has 1 aromatic heterocycles. The van der Waals surface area contributed by atoms with E-state index in [-0.39, 0.29) is 41.6 Å². The van der Waals surface area contributed by atoms with Crippen LogP contribution in [-0.2, 0) is 28.7 Å². The van der Waals surface area contributed by atoms with Gasteiger partial charge < -0.3 is 29.1 Å². The smallest absolute Gasteiger partial charge is 0.419 e. The maximum atomic E-state index is 13.9. The molecule has 45 heavy (non-hydrogen) atoms. The second kappa shape index (κ2) is 16.6. The van der Waals surface area contributed by atoms with Gasteiger partial charge in [-0.05, 0) is 25.6 Å². The molecule has 14 heteroatoms. The summed E-state index contributed by atoms with van der Waals surface area (Å²) in [6.07, 6.45) is -0.755. The second-order valence-electron chi connectivity index (χ2n) is 10.4. The molecule has 2 aromatic rings. The zero-order valence-corrected chi connectivity index (χ0v) is 27.2. The van der Waals surface area contributed by atoms with Crippen molar-refractivity contribution in [1.82, 2.24) is 19.8 Å². The van der Waals surface area contributed by atoms with Crippen LogP contribution in [0.25, 0.3) is 0 Å². The molecule has 0 spiro atoms. The second-order valence-corrected chi connectivity index (χ2v) is 10.8. The molecule has 0 aliphatic carbocycles. The van der Waals surface area contributed by atoms with E-state index in [0.29, 0.717) is 57.3 Å². The molecule has 1 atom stereocenters. The van der Waals surface area contributed by atoms with Crippen LogP contribution in [0.3, 0.4) is 0 Å². The first-order chi connectivity index (χ1) is 21.6. The lowest BCUT2D eigenvalue weighted by molar-refractivity contribution is -0.137. The number of halogens is 4. The van der Waals surface area contributed by atoms with Gasteiger partial charge in [-0.3, -0.25) is 4.79 Å². The fourth-order valence-corrected chi connectivity index (χ4v) is 5.67. The van der Waals surface area contributed by atoms with Crippen molar-refractivity contribution in [3.63, 3.8) is 0 Å². The van der Waals surface area contributed by atoms with Crippen LogP contribution in [0.5, 0.6) is 6.01 Å². The van der Waals surface area contributed by atoms with E-state index in [1.807, 2.05) is 30.7 Å². The van der Waals surface area contributed by atoms with Crippen molar-refractivity contribution in [2.45, 2.75) is 45.5 Å². The van der Waals surface area contributed by atoms with E-state index in [1.165, 1.54) is 25.3 Å². The molecule has 3 heterocycles. The van der Waals surface area contributed by atoms with Crippen LogP contribution in [0.4, 0.5) is 24.7 Å². The summed E-state index contributed by atoms with van der Waals surface area (Å²) in [6.45, 7) is 7.51. The molecular weight excluding hydrogens is 611 g/mol. The molecule has 246 valence electrons. The van der Waals surface area contributed by atoms with Gasteiger partial charge in [-0.25, -0.2) is 0 Å². The third-order valence-corrected chi connectivity index (χ3v) is 7.88. The number of carbonyl (C=O) groups excluding carboxylic acids is 1. The number of nitrogens with zero attached hydrogens (tertiary/aromatic N) is 7. The highest BCUT2D eigenvalue weighted by Gasteiger charge is 2.39. The van der Waals surface area contributed by atoms with E-state index in [0.717, 1.165) is 12.1 Å². The number of nitriles is 1. The minimum atomic E-state index is -4.62. The van der Waals surface area contributed by atoms with Gasteiger partial charge in [0.05, 0.1) is 60.8 Å². The van der Waals surface area contributed by atoms with Crippen molar-refractivity contribution in [2.75, 3.05) is 76.9 Å². The topological polar surface area (TPSA) is 98.1 Å². The molecule has 0 unspecified atom stereocenters. The predicted molar refractivity (Wildman–Crippen MR) is 168 cm³/mol. The number of carbonyl (C=O) groups is 1. The van der Waals surface area contributed by atoms with E-state index in [1.54, 1.807) is 29.1 Å². The number of methoxy groups -OCH3 is 2. The Labute approximate surface area is 268 Å². The first-order valence-electron chi connectivity index (χ1n) is 14.9. The molecule has 2 aliphatic rings. The van der Waals surface area contributed by atoms with Crippen molar-refractivity contribution >= 4 is 29.0 Å². The number of likely N-dealkylation sites (N-methyl/N-ethyl adjacent to an activating group) is 1. The van der Waals surface area contributed by atoms with Gasteiger partial charge in [0.15, 0.2) is 0 Å². The zero-order chi connectivity index (χ0) is 33.1. The van der Waals surface area contributed by atoms with E-state index in [2.05, 4.69) is 16.0 Å². The molecule has 1 fully saturated rings. The molecule has 0 N–H and O–H groups in total. The third kappa shape index (κ3) is 8.99. The van der Waals surface area contributed by atoms with Gasteiger partial charge in [-0.2, -0.15) is 28.4 Å². The SMILES string of the molecule is CC.COCCN(C)C/C=C/C(=O)N1CCN(c2nc(OC)nc3c2CCN(c2cccc(Cl)c2C(F)(F)F)C3)C[C@@H]1CC#N. The van der Waals surface area contributed by atoms with Gasteiger partial charge >= 0.3 is 12.2 Å².